The highest BCUT2D eigenvalue weighted by Gasteiger charge is 2.27. The molecule has 78 valence electrons. The van der Waals surface area contributed by atoms with Gasteiger partial charge in [-0.1, -0.05) is 32.6 Å². The minimum atomic E-state index is -0.330. The van der Waals surface area contributed by atoms with Crippen LogP contribution in [0.15, 0.2) is 0 Å². The van der Waals surface area contributed by atoms with Gasteiger partial charge in [0.05, 0.1) is 6.07 Å². The number of hydrogen-bond donors (Lipinski definition) is 0. The molecule has 0 aromatic rings. The van der Waals surface area contributed by atoms with Crippen molar-refractivity contribution in [1.29, 1.82) is 5.26 Å². The summed E-state index contributed by atoms with van der Waals surface area (Å²) < 4.78 is 0. The molecule has 1 aliphatic rings. The molecule has 1 aliphatic carbocycles. The van der Waals surface area contributed by atoms with E-state index in [0.717, 1.165) is 25.7 Å². The Morgan fingerprint density at radius 1 is 1.43 bits per heavy atom. The standard InChI is InChI=1S/C12H19NO/c1-2-6-11(9-13)12(14)10-7-4-3-5-8-10/h10-11H,2-8H2,1H3. The van der Waals surface area contributed by atoms with Crippen molar-refractivity contribution in [3.63, 3.8) is 0 Å². The van der Waals surface area contributed by atoms with E-state index in [1.807, 2.05) is 6.92 Å². The third-order valence-electron chi connectivity index (χ3n) is 3.08. The van der Waals surface area contributed by atoms with Crippen LogP contribution in [0.2, 0.25) is 0 Å². The molecule has 0 bridgehead atoms. The van der Waals surface area contributed by atoms with Crippen LogP contribution in [-0.2, 0) is 4.79 Å². The summed E-state index contributed by atoms with van der Waals surface area (Å²) >= 11 is 0. The van der Waals surface area contributed by atoms with Crippen LogP contribution in [0.1, 0.15) is 51.9 Å². The molecule has 0 amide bonds. The Kier molecular flexibility index (Phi) is 4.65. The fourth-order valence-corrected chi connectivity index (χ4v) is 2.23. The molecule has 1 saturated carbocycles. The lowest BCUT2D eigenvalue weighted by Gasteiger charge is -2.22. The number of Topliss-reactive ketones (excluding diaryl/α,β-unsaturated/α-hetero) is 1. The van der Waals surface area contributed by atoms with Crippen LogP contribution in [0.4, 0.5) is 0 Å². The summed E-state index contributed by atoms with van der Waals surface area (Å²) in [5, 5.41) is 8.89. The van der Waals surface area contributed by atoms with E-state index in [-0.39, 0.29) is 17.6 Å². The van der Waals surface area contributed by atoms with Crippen LogP contribution in [-0.4, -0.2) is 5.78 Å². The number of nitrogens with zero attached hydrogens (tertiary/aromatic N) is 1. The molecule has 1 unspecified atom stereocenters. The van der Waals surface area contributed by atoms with Crippen LogP contribution >= 0.6 is 0 Å². The maximum absolute atomic E-state index is 11.9. The average Bonchev–Trinajstić information content (AvgIpc) is 2.26. The maximum Gasteiger partial charge on any atom is 0.153 e. The highest BCUT2D eigenvalue weighted by Crippen LogP contribution is 2.27. The van der Waals surface area contributed by atoms with E-state index in [1.165, 1.54) is 19.3 Å². The molecule has 0 spiro atoms. The van der Waals surface area contributed by atoms with Gasteiger partial charge in [0.15, 0.2) is 5.78 Å². The van der Waals surface area contributed by atoms with Gasteiger partial charge in [-0.25, -0.2) is 0 Å². The monoisotopic (exact) mass is 193 g/mol. The summed E-state index contributed by atoms with van der Waals surface area (Å²) in [6, 6.07) is 2.15. The first-order valence-electron chi connectivity index (χ1n) is 5.73. The van der Waals surface area contributed by atoms with E-state index in [0.29, 0.717) is 0 Å². The van der Waals surface area contributed by atoms with Crippen molar-refractivity contribution < 1.29 is 4.79 Å². The van der Waals surface area contributed by atoms with Gasteiger partial charge in [-0.3, -0.25) is 4.79 Å². The van der Waals surface area contributed by atoms with Gasteiger partial charge in [-0.2, -0.15) is 5.26 Å². The van der Waals surface area contributed by atoms with Gasteiger partial charge < -0.3 is 0 Å². The Balaban J connectivity index is 2.48. The van der Waals surface area contributed by atoms with Gasteiger partial charge in [-0.15, -0.1) is 0 Å². The van der Waals surface area contributed by atoms with E-state index in [1.54, 1.807) is 0 Å². The number of carbonyl (C=O) groups is 1. The molecule has 14 heavy (non-hydrogen) atoms. The van der Waals surface area contributed by atoms with Crippen LogP contribution < -0.4 is 0 Å². The van der Waals surface area contributed by atoms with Crippen molar-refractivity contribution in [2.45, 2.75) is 51.9 Å². The van der Waals surface area contributed by atoms with Crippen molar-refractivity contribution in [2.75, 3.05) is 0 Å². The molecule has 0 heterocycles. The van der Waals surface area contributed by atoms with Crippen LogP contribution in [0.3, 0.4) is 0 Å². The zero-order chi connectivity index (χ0) is 10.4. The Hall–Kier alpha value is -0.840. The number of nitriles is 1. The predicted octanol–water partition coefficient (Wildman–Crippen LogP) is 3.08. The first-order valence-corrected chi connectivity index (χ1v) is 5.73. The molecule has 2 nitrogen and oxygen atoms in total. The highest BCUT2D eigenvalue weighted by molar-refractivity contribution is 5.85. The van der Waals surface area contributed by atoms with Gasteiger partial charge in [-0.05, 0) is 19.3 Å². The van der Waals surface area contributed by atoms with Gasteiger partial charge in [0.25, 0.3) is 0 Å². The topological polar surface area (TPSA) is 40.9 Å². The summed E-state index contributed by atoms with van der Waals surface area (Å²) in [5.74, 6) is 0.0806. The quantitative estimate of drug-likeness (QED) is 0.688. The average molecular weight is 193 g/mol. The van der Waals surface area contributed by atoms with Crippen molar-refractivity contribution in [3.8, 4) is 6.07 Å². The van der Waals surface area contributed by atoms with Gasteiger partial charge in [0.2, 0.25) is 0 Å². The fourth-order valence-electron chi connectivity index (χ4n) is 2.23. The zero-order valence-electron chi connectivity index (χ0n) is 8.96. The van der Waals surface area contributed by atoms with Crippen molar-refractivity contribution >= 4 is 5.78 Å². The molecular formula is C12H19NO. The molecule has 2 heteroatoms. The molecule has 1 atom stereocenters. The van der Waals surface area contributed by atoms with E-state index in [9.17, 15) is 4.79 Å². The van der Waals surface area contributed by atoms with E-state index in [2.05, 4.69) is 6.07 Å². The Labute approximate surface area is 86.3 Å². The summed E-state index contributed by atoms with van der Waals surface area (Å²) in [6.45, 7) is 2.03. The van der Waals surface area contributed by atoms with E-state index < -0.39 is 0 Å². The normalized spacial score (nSPS) is 20.0. The summed E-state index contributed by atoms with van der Waals surface area (Å²) in [6.07, 6.45) is 7.29. The third-order valence-corrected chi connectivity index (χ3v) is 3.08. The first-order chi connectivity index (χ1) is 6.79. The molecule has 0 N–H and O–H groups in total. The molecule has 0 aromatic carbocycles. The lowest BCUT2D eigenvalue weighted by Crippen LogP contribution is -2.24. The lowest BCUT2D eigenvalue weighted by atomic mass is 9.81. The highest BCUT2D eigenvalue weighted by atomic mass is 16.1. The van der Waals surface area contributed by atoms with Crippen molar-refractivity contribution in [1.82, 2.24) is 0 Å². The molecule has 0 radical (unpaired) electrons. The van der Waals surface area contributed by atoms with Crippen LogP contribution in [0.5, 0.6) is 0 Å². The zero-order valence-corrected chi connectivity index (χ0v) is 8.96. The van der Waals surface area contributed by atoms with Crippen LogP contribution in [0.25, 0.3) is 0 Å². The Bertz CT molecular complexity index is 223. The second-order valence-corrected chi connectivity index (χ2v) is 4.21. The van der Waals surface area contributed by atoms with E-state index >= 15 is 0 Å². The molecular weight excluding hydrogens is 174 g/mol. The number of hydrogen-bond acceptors (Lipinski definition) is 2. The number of ketones is 1. The first kappa shape index (κ1) is 11.2. The second-order valence-electron chi connectivity index (χ2n) is 4.21. The SMILES string of the molecule is CCCC(C#N)C(=O)C1CCCCC1. The fraction of sp³-hybridized carbons (Fsp3) is 0.833. The van der Waals surface area contributed by atoms with Crippen LogP contribution in [0, 0.1) is 23.2 Å². The summed E-state index contributed by atoms with van der Waals surface area (Å²) in [5.41, 5.74) is 0. The van der Waals surface area contributed by atoms with Crippen molar-refractivity contribution in [2.24, 2.45) is 11.8 Å². The number of rotatable bonds is 4. The Morgan fingerprint density at radius 3 is 2.57 bits per heavy atom. The maximum atomic E-state index is 11.9. The Morgan fingerprint density at radius 2 is 2.07 bits per heavy atom. The van der Waals surface area contributed by atoms with Gasteiger partial charge in [0.1, 0.15) is 5.92 Å². The van der Waals surface area contributed by atoms with Gasteiger partial charge in [0, 0.05) is 5.92 Å². The molecule has 0 aromatic heterocycles. The van der Waals surface area contributed by atoms with Crippen molar-refractivity contribution in [3.05, 3.63) is 0 Å². The predicted molar refractivity (Wildman–Crippen MR) is 55.6 cm³/mol. The van der Waals surface area contributed by atoms with Gasteiger partial charge >= 0.3 is 0 Å². The minimum absolute atomic E-state index is 0.194. The lowest BCUT2D eigenvalue weighted by molar-refractivity contribution is -0.126. The van der Waals surface area contributed by atoms with E-state index in [4.69, 9.17) is 5.26 Å². The minimum Gasteiger partial charge on any atom is -0.298 e. The largest absolute Gasteiger partial charge is 0.298 e. The second kappa shape index (κ2) is 5.80. The third kappa shape index (κ3) is 2.83. The number of carbonyl (C=O) groups excluding carboxylic acids is 1. The molecule has 1 fully saturated rings. The smallest absolute Gasteiger partial charge is 0.153 e. The molecule has 0 aliphatic heterocycles. The summed E-state index contributed by atoms with van der Waals surface area (Å²) in [7, 11) is 0. The molecule has 0 saturated heterocycles. The molecule has 1 rings (SSSR count). The summed E-state index contributed by atoms with van der Waals surface area (Å²) in [4.78, 5) is 11.9.